The predicted molar refractivity (Wildman–Crippen MR) is 142 cm³/mol. The summed E-state index contributed by atoms with van der Waals surface area (Å²) in [6.07, 6.45) is 11.4. The van der Waals surface area contributed by atoms with Crippen LogP contribution in [0.15, 0.2) is 58.9 Å². The van der Waals surface area contributed by atoms with Crippen LogP contribution in [-0.2, 0) is 11.2 Å². The van der Waals surface area contributed by atoms with E-state index in [0.29, 0.717) is 18.5 Å². The number of amides is 1. The minimum atomic E-state index is 0.0352. The molecule has 184 valence electrons. The van der Waals surface area contributed by atoms with Gasteiger partial charge in [-0.25, -0.2) is 0 Å². The van der Waals surface area contributed by atoms with E-state index in [4.69, 9.17) is 9.73 Å². The topological polar surface area (TPSA) is 55.6 Å². The van der Waals surface area contributed by atoms with E-state index in [1.165, 1.54) is 67.4 Å². The van der Waals surface area contributed by atoms with Crippen LogP contribution < -0.4 is 14.9 Å². The first kappa shape index (κ1) is 23.9. The van der Waals surface area contributed by atoms with Crippen molar-refractivity contribution >= 4 is 22.9 Å². The third kappa shape index (κ3) is 6.63. The summed E-state index contributed by atoms with van der Waals surface area (Å²) in [6, 6.07) is 16.6. The SMILES string of the molecule is Cc1ccc(Oc2ccc(NC(=O)CCc3csc(=NC4CCCCCC4)n3C3CC3)cc2)cc1. The number of anilines is 1. The summed E-state index contributed by atoms with van der Waals surface area (Å²) in [6.45, 7) is 2.05. The number of carbonyl (C=O) groups is 1. The van der Waals surface area contributed by atoms with Crippen molar-refractivity contribution in [1.82, 2.24) is 4.57 Å². The zero-order chi connectivity index (χ0) is 24.0. The molecule has 5 rings (SSSR count). The van der Waals surface area contributed by atoms with E-state index in [1.54, 1.807) is 11.3 Å². The van der Waals surface area contributed by atoms with Crippen LogP contribution in [0.1, 0.15) is 75.1 Å². The van der Waals surface area contributed by atoms with E-state index >= 15 is 0 Å². The molecule has 2 fully saturated rings. The Bertz CT molecular complexity index is 1180. The molecule has 0 aliphatic heterocycles. The molecule has 35 heavy (non-hydrogen) atoms. The molecule has 2 aromatic carbocycles. The number of benzene rings is 2. The van der Waals surface area contributed by atoms with Crippen LogP contribution in [0.3, 0.4) is 0 Å². The van der Waals surface area contributed by atoms with Crippen LogP contribution in [0.25, 0.3) is 0 Å². The average Bonchev–Trinajstić information content (AvgIpc) is 3.66. The Morgan fingerprint density at radius 3 is 2.29 bits per heavy atom. The van der Waals surface area contributed by atoms with Crippen molar-refractivity contribution in [2.45, 2.75) is 83.2 Å². The molecule has 0 spiro atoms. The van der Waals surface area contributed by atoms with E-state index < -0.39 is 0 Å². The molecule has 0 atom stereocenters. The summed E-state index contributed by atoms with van der Waals surface area (Å²) >= 11 is 1.75. The number of nitrogens with one attached hydrogen (secondary N) is 1. The van der Waals surface area contributed by atoms with Gasteiger partial charge >= 0.3 is 0 Å². The highest BCUT2D eigenvalue weighted by molar-refractivity contribution is 7.07. The highest BCUT2D eigenvalue weighted by Crippen LogP contribution is 2.35. The van der Waals surface area contributed by atoms with E-state index in [-0.39, 0.29) is 5.91 Å². The quantitative estimate of drug-likeness (QED) is 0.341. The van der Waals surface area contributed by atoms with Crippen LogP contribution in [-0.4, -0.2) is 16.5 Å². The maximum absolute atomic E-state index is 12.7. The lowest BCUT2D eigenvalue weighted by atomic mass is 10.1. The second-order valence-electron chi connectivity index (χ2n) is 9.87. The number of thiazole rings is 1. The monoisotopic (exact) mass is 489 g/mol. The summed E-state index contributed by atoms with van der Waals surface area (Å²) in [4.78, 5) is 19.0. The molecule has 0 unspecified atom stereocenters. The van der Waals surface area contributed by atoms with Crippen molar-refractivity contribution in [3.05, 3.63) is 70.0 Å². The molecule has 2 aliphatic rings. The average molecular weight is 490 g/mol. The number of ether oxygens (including phenoxy) is 1. The van der Waals surface area contributed by atoms with Crippen molar-refractivity contribution in [3.8, 4) is 11.5 Å². The molecule has 0 bridgehead atoms. The van der Waals surface area contributed by atoms with E-state index in [0.717, 1.165) is 23.6 Å². The standard InChI is InChI=1S/C29H35N3O2S/c1-21-8-15-26(16-9-21)34-27-17-10-23(11-18-27)30-28(33)19-14-25-20-35-29(32(25)24-12-13-24)31-22-6-4-2-3-5-7-22/h8-11,15-18,20,22,24H,2-7,12-14,19H2,1H3,(H,30,33). The van der Waals surface area contributed by atoms with Crippen molar-refractivity contribution in [2.24, 2.45) is 4.99 Å². The number of aryl methyl sites for hydroxylation is 2. The summed E-state index contributed by atoms with van der Waals surface area (Å²) in [5.41, 5.74) is 3.24. The zero-order valence-electron chi connectivity index (χ0n) is 20.5. The molecule has 2 aliphatic carbocycles. The minimum absolute atomic E-state index is 0.0352. The fraction of sp³-hybridized carbons (Fsp3) is 0.448. The lowest BCUT2D eigenvalue weighted by Crippen LogP contribution is -2.21. The Morgan fingerprint density at radius 1 is 0.971 bits per heavy atom. The van der Waals surface area contributed by atoms with Crippen molar-refractivity contribution < 1.29 is 9.53 Å². The van der Waals surface area contributed by atoms with Gasteiger partial charge in [0.05, 0.1) is 6.04 Å². The molecular formula is C29H35N3O2S. The Kier molecular flexibility index (Phi) is 7.67. The second kappa shape index (κ2) is 11.3. The van der Waals surface area contributed by atoms with E-state index in [9.17, 15) is 4.79 Å². The minimum Gasteiger partial charge on any atom is -0.457 e. The first-order chi connectivity index (χ1) is 17.1. The molecule has 1 aromatic heterocycles. The molecule has 5 nitrogen and oxygen atoms in total. The molecular weight excluding hydrogens is 454 g/mol. The van der Waals surface area contributed by atoms with Crippen LogP contribution in [0.5, 0.6) is 11.5 Å². The summed E-state index contributed by atoms with van der Waals surface area (Å²) in [5, 5.41) is 5.25. The van der Waals surface area contributed by atoms with Crippen LogP contribution >= 0.6 is 11.3 Å². The highest BCUT2D eigenvalue weighted by atomic mass is 32.1. The Hall–Kier alpha value is -2.86. The molecule has 1 N–H and O–H groups in total. The van der Waals surface area contributed by atoms with Gasteiger partial charge in [-0.1, -0.05) is 43.4 Å². The fourth-order valence-electron chi connectivity index (χ4n) is 4.71. The Labute approximate surface area is 211 Å². The van der Waals surface area contributed by atoms with Gasteiger partial charge in [-0.3, -0.25) is 9.79 Å². The molecule has 3 aromatic rings. The van der Waals surface area contributed by atoms with Crippen LogP contribution in [0.4, 0.5) is 5.69 Å². The number of hydrogen-bond donors (Lipinski definition) is 1. The summed E-state index contributed by atoms with van der Waals surface area (Å²) in [7, 11) is 0. The van der Waals surface area contributed by atoms with Crippen molar-refractivity contribution in [3.63, 3.8) is 0 Å². The molecule has 0 radical (unpaired) electrons. The van der Waals surface area contributed by atoms with Gasteiger partial charge in [-0.2, -0.15) is 0 Å². The number of carbonyl (C=O) groups excluding carboxylic acids is 1. The third-order valence-electron chi connectivity index (χ3n) is 6.85. The molecule has 1 heterocycles. The maximum atomic E-state index is 12.7. The van der Waals surface area contributed by atoms with Gasteiger partial charge in [0.2, 0.25) is 5.91 Å². The molecule has 6 heteroatoms. The first-order valence-electron chi connectivity index (χ1n) is 13.0. The first-order valence-corrected chi connectivity index (χ1v) is 13.9. The Balaban J connectivity index is 1.17. The van der Waals surface area contributed by atoms with E-state index in [2.05, 4.69) is 22.2 Å². The van der Waals surface area contributed by atoms with Crippen molar-refractivity contribution in [1.29, 1.82) is 0 Å². The summed E-state index contributed by atoms with van der Waals surface area (Å²) in [5.74, 6) is 1.59. The predicted octanol–water partition coefficient (Wildman–Crippen LogP) is 7.18. The van der Waals surface area contributed by atoms with Gasteiger partial charge in [-0.05, 0) is 75.4 Å². The van der Waals surface area contributed by atoms with Gasteiger partial charge in [0.15, 0.2) is 4.80 Å². The van der Waals surface area contributed by atoms with E-state index in [1.807, 2.05) is 48.5 Å². The van der Waals surface area contributed by atoms with Crippen LogP contribution in [0, 0.1) is 6.92 Å². The number of aromatic nitrogens is 1. The smallest absolute Gasteiger partial charge is 0.224 e. The van der Waals surface area contributed by atoms with Gasteiger partial charge in [0.25, 0.3) is 0 Å². The normalized spacial score (nSPS) is 17.2. The van der Waals surface area contributed by atoms with Gasteiger partial charge in [-0.15, -0.1) is 11.3 Å². The second-order valence-corrected chi connectivity index (χ2v) is 10.7. The molecule has 0 saturated heterocycles. The number of hydrogen-bond acceptors (Lipinski definition) is 4. The zero-order valence-corrected chi connectivity index (χ0v) is 21.4. The largest absolute Gasteiger partial charge is 0.457 e. The van der Waals surface area contributed by atoms with Gasteiger partial charge in [0.1, 0.15) is 11.5 Å². The summed E-state index contributed by atoms with van der Waals surface area (Å²) < 4.78 is 8.31. The number of rotatable bonds is 8. The van der Waals surface area contributed by atoms with Crippen LogP contribution in [0.2, 0.25) is 0 Å². The third-order valence-corrected chi connectivity index (χ3v) is 7.75. The lowest BCUT2D eigenvalue weighted by molar-refractivity contribution is -0.116. The molecule has 1 amide bonds. The molecule has 2 saturated carbocycles. The Morgan fingerprint density at radius 2 is 1.63 bits per heavy atom. The highest BCUT2D eigenvalue weighted by Gasteiger charge is 2.27. The lowest BCUT2D eigenvalue weighted by Gasteiger charge is -2.11. The maximum Gasteiger partial charge on any atom is 0.224 e. The van der Waals surface area contributed by atoms with Gasteiger partial charge in [0, 0.05) is 29.2 Å². The van der Waals surface area contributed by atoms with Gasteiger partial charge < -0.3 is 14.6 Å². The van der Waals surface area contributed by atoms with Crippen molar-refractivity contribution in [2.75, 3.05) is 5.32 Å². The fourth-order valence-corrected chi connectivity index (χ4v) is 5.77. The number of nitrogens with zero attached hydrogens (tertiary/aromatic N) is 2.